The smallest absolute Gasteiger partial charge is 0.211 e. The lowest BCUT2D eigenvalue weighted by atomic mass is 10.0. The van der Waals surface area contributed by atoms with Crippen molar-refractivity contribution in [1.82, 2.24) is 0 Å². The largest absolute Gasteiger partial charge is 0.497 e. The summed E-state index contributed by atoms with van der Waals surface area (Å²) in [4.78, 5) is 13.1. The zero-order chi connectivity index (χ0) is 18.1. The summed E-state index contributed by atoms with van der Waals surface area (Å²) >= 11 is 16.9. The van der Waals surface area contributed by atoms with Gasteiger partial charge in [0.05, 0.1) is 17.7 Å². The Kier molecular flexibility index (Phi) is 4.85. The van der Waals surface area contributed by atoms with E-state index in [1.807, 2.05) is 0 Å². The molecular weight excluding hydrogens is 383 g/mol. The number of carbonyl (C=O) groups excluding carboxylic acids is 1. The molecule has 0 aliphatic carbocycles. The van der Waals surface area contributed by atoms with Crippen molar-refractivity contribution in [3.8, 4) is 5.75 Å². The van der Waals surface area contributed by atoms with Crippen LogP contribution in [0.2, 0.25) is 10.0 Å². The third kappa shape index (κ3) is 3.42. The number of furan rings is 1. The highest BCUT2D eigenvalue weighted by Gasteiger charge is 2.24. The molecule has 0 fully saturated rings. The highest BCUT2D eigenvalue weighted by molar-refractivity contribution is 7.80. The summed E-state index contributed by atoms with van der Waals surface area (Å²) in [7, 11) is 1.54. The Morgan fingerprint density at radius 3 is 2.64 bits per heavy atom. The maximum absolute atomic E-state index is 13.1. The van der Waals surface area contributed by atoms with Crippen LogP contribution in [0, 0.1) is 0 Å². The van der Waals surface area contributed by atoms with E-state index in [2.05, 4.69) is 5.32 Å². The minimum absolute atomic E-state index is 0.0257. The fourth-order valence-electron chi connectivity index (χ4n) is 2.44. The van der Waals surface area contributed by atoms with Gasteiger partial charge < -0.3 is 20.2 Å². The minimum Gasteiger partial charge on any atom is -0.497 e. The number of nitrogens with two attached hydrogens (primary N) is 1. The molecule has 5 nitrogen and oxygen atoms in total. The number of anilines is 1. The number of nitrogens with one attached hydrogen (secondary N) is 1. The van der Waals surface area contributed by atoms with E-state index in [0.717, 1.165) is 0 Å². The lowest BCUT2D eigenvalue weighted by Gasteiger charge is -2.06. The number of fused-ring (bicyclic) bond motifs is 1. The molecule has 0 atom stereocenters. The average Bonchev–Trinajstić information content (AvgIpc) is 2.90. The van der Waals surface area contributed by atoms with Crippen LogP contribution in [0.5, 0.6) is 5.75 Å². The predicted octanol–water partition coefficient (Wildman–Crippen LogP) is 4.63. The molecule has 3 rings (SSSR count). The number of carbonyl (C=O) groups is 1. The number of ketones is 1. The second-order valence-electron chi connectivity index (χ2n) is 5.11. The quantitative estimate of drug-likeness (QED) is 0.495. The molecule has 0 saturated carbocycles. The molecule has 8 heteroatoms. The van der Waals surface area contributed by atoms with Crippen LogP contribution < -0.4 is 15.8 Å². The standard InChI is InChI=1S/C17H12Cl2N2O3S/c1-23-9-3-5-11-13(7-9)24-16(21-17(20)25)14(11)15(22)10-4-2-8(18)6-12(10)19/h2-7H,1H3,(H3,20,21,25). The molecule has 2 aromatic carbocycles. The lowest BCUT2D eigenvalue weighted by molar-refractivity contribution is 0.104. The summed E-state index contributed by atoms with van der Waals surface area (Å²) in [6.45, 7) is 0. The van der Waals surface area contributed by atoms with Crippen LogP contribution >= 0.6 is 35.4 Å². The zero-order valence-corrected chi connectivity index (χ0v) is 15.3. The molecule has 0 bridgehead atoms. The van der Waals surface area contributed by atoms with Crippen LogP contribution in [0.25, 0.3) is 11.0 Å². The van der Waals surface area contributed by atoms with Crippen molar-refractivity contribution in [2.75, 3.05) is 12.4 Å². The van der Waals surface area contributed by atoms with E-state index in [1.54, 1.807) is 30.3 Å². The maximum Gasteiger partial charge on any atom is 0.211 e. The van der Waals surface area contributed by atoms with Gasteiger partial charge in [-0.3, -0.25) is 4.79 Å². The minimum atomic E-state index is -0.343. The second kappa shape index (κ2) is 6.92. The first-order valence-electron chi connectivity index (χ1n) is 7.07. The van der Waals surface area contributed by atoms with E-state index in [-0.39, 0.29) is 32.9 Å². The molecule has 0 saturated heterocycles. The number of rotatable bonds is 4. The third-order valence-corrected chi connectivity index (χ3v) is 4.19. The molecule has 128 valence electrons. The summed E-state index contributed by atoms with van der Waals surface area (Å²) in [5, 5.41) is 3.92. The maximum atomic E-state index is 13.1. The van der Waals surface area contributed by atoms with Gasteiger partial charge in [0.2, 0.25) is 11.7 Å². The number of hydrogen-bond donors (Lipinski definition) is 2. The molecular formula is C17H12Cl2N2O3S. The fourth-order valence-corrected chi connectivity index (χ4v) is 3.02. The van der Waals surface area contributed by atoms with E-state index in [1.165, 1.54) is 13.2 Å². The highest BCUT2D eigenvalue weighted by Crippen LogP contribution is 2.35. The number of methoxy groups -OCH3 is 1. The summed E-state index contributed by atoms with van der Waals surface area (Å²) in [6, 6.07) is 9.76. The molecule has 0 radical (unpaired) electrons. The number of ether oxygens (including phenoxy) is 1. The molecule has 1 aromatic heterocycles. The summed E-state index contributed by atoms with van der Waals surface area (Å²) in [5.41, 5.74) is 6.55. The molecule has 3 aromatic rings. The number of benzene rings is 2. The van der Waals surface area contributed by atoms with E-state index in [0.29, 0.717) is 21.7 Å². The number of thiocarbonyl (C=S) groups is 1. The average molecular weight is 395 g/mol. The summed E-state index contributed by atoms with van der Waals surface area (Å²) < 4.78 is 10.9. The third-order valence-electron chi connectivity index (χ3n) is 3.54. The SMILES string of the molecule is COc1ccc2c(C(=O)c3ccc(Cl)cc3Cl)c(NC(N)=S)oc2c1. The first kappa shape index (κ1) is 17.5. The molecule has 0 unspecified atom stereocenters. The molecule has 0 aliphatic rings. The van der Waals surface area contributed by atoms with Crippen molar-refractivity contribution >= 4 is 63.2 Å². The van der Waals surface area contributed by atoms with Gasteiger partial charge in [0.1, 0.15) is 11.3 Å². The van der Waals surface area contributed by atoms with E-state index >= 15 is 0 Å². The van der Waals surface area contributed by atoms with Crippen molar-refractivity contribution in [2.45, 2.75) is 0 Å². The normalized spacial score (nSPS) is 10.7. The first-order chi connectivity index (χ1) is 11.9. The van der Waals surface area contributed by atoms with Gasteiger partial charge in [-0.15, -0.1) is 0 Å². The highest BCUT2D eigenvalue weighted by atomic mass is 35.5. The van der Waals surface area contributed by atoms with Crippen LogP contribution in [0.3, 0.4) is 0 Å². The summed E-state index contributed by atoms with van der Waals surface area (Å²) in [6.07, 6.45) is 0. The molecule has 0 amide bonds. The van der Waals surface area contributed by atoms with Gasteiger partial charge in [0.15, 0.2) is 5.11 Å². The Hall–Kier alpha value is -2.28. The van der Waals surface area contributed by atoms with Gasteiger partial charge in [0.25, 0.3) is 0 Å². The Morgan fingerprint density at radius 1 is 1.24 bits per heavy atom. The van der Waals surface area contributed by atoms with E-state index in [9.17, 15) is 4.79 Å². The lowest BCUT2D eigenvalue weighted by Crippen LogP contribution is -2.20. The predicted molar refractivity (Wildman–Crippen MR) is 103 cm³/mol. The second-order valence-corrected chi connectivity index (χ2v) is 6.39. The molecule has 3 N–H and O–H groups in total. The van der Waals surface area contributed by atoms with Crippen molar-refractivity contribution in [3.05, 3.63) is 57.6 Å². The fraction of sp³-hybridized carbons (Fsp3) is 0.0588. The Morgan fingerprint density at radius 2 is 2.00 bits per heavy atom. The Labute approximate surface area is 158 Å². The van der Waals surface area contributed by atoms with Crippen LogP contribution in [-0.4, -0.2) is 18.0 Å². The molecule has 25 heavy (non-hydrogen) atoms. The van der Waals surface area contributed by atoms with Crippen LogP contribution in [-0.2, 0) is 0 Å². The van der Waals surface area contributed by atoms with Crippen LogP contribution in [0.1, 0.15) is 15.9 Å². The number of hydrogen-bond acceptors (Lipinski definition) is 4. The first-order valence-corrected chi connectivity index (χ1v) is 8.24. The van der Waals surface area contributed by atoms with Gasteiger partial charge in [-0.1, -0.05) is 23.2 Å². The Bertz CT molecular complexity index is 1000. The molecule has 0 spiro atoms. The monoisotopic (exact) mass is 394 g/mol. The van der Waals surface area contributed by atoms with Crippen molar-refractivity contribution < 1.29 is 13.9 Å². The topological polar surface area (TPSA) is 77.5 Å². The van der Waals surface area contributed by atoms with Crippen LogP contribution in [0.4, 0.5) is 5.88 Å². The van der Waals surface area contributed by atoms with Gasteiger partial charge in [-0.2, -0.15) is 0 Å². The van der Waals surface area contributed by atoms with Gasteiger partial charge in [0, 0.05) is 22.0 Å². The molecule has 0 aliphatic heterocycles. The number of halogens is 2. The van der Waals surface area contributed by atoms with Crippen molar-refractivity contribution in [2.24, 2.45) is 5.73 Å². The van der Waals surface area contributed by atoms with Gasteiger partial charge in [-0.05, 0) is 42.5 Å². The molecule has 1 heterocycles. The zero-order valence-electron chi connectivity index (χ0n) is 12.9. The van der Waals surface area contributed by atoms with Crippen molar-refractivity contribution in [3.63, 3.8) is 0 Å². The van der Waals surface area contributed by atoms with Gasteiger partial charge in [-0.25, -0.2) is 0 Å². The summed E-state index contributed by atoms with van der Waals surface area (Å²) in [5.74, 6) is 0.391. The van der Waals surface area contributed by atoms with E-state index in [4.69, 9.17) is 50.3 Å². The van der Waals surface area contributed by atoms with E-state index < -0.39 is 0 Å². The Balaban J connectivity index is 2.21. The van der Waals surface area contributed by atoms with Crippen LogP contribution in [0.15, 0.2) is 40.8 Å². The van der Waals surface area contributed by atoms with Crippen molar-refractivity contribution in [1.29, 1.82) is 0 Å². The van der Waals surface area contributed by atoms with Gasteiger partial charge >= 0.3 is 0 Å².